The fourth-order valence-electron chi connectivity index (χ4n) is 2.28. The Morgan fingerprint density at radius 1 is 1.08 bits per heavy atom. The molecule has 149 valence electrons. The van der Waals surface area contributed by atoms with E-state index in [-0.39, 0.29) is 0 Å². The van der Waals surface area contributed by atoms with E-state index in [1.54, 1.807) is 0 Å². The van der Waals surface area contributed by atoms with Crippen LogP contribution < -0.4 is 0 Å². The molecule has 0 saturated carbocycles. The molecule has 0 amide bonds. The van der Waals surface area contributed by atoms with E-state index in [0.29, 0.717) is 5.92 Å². The molecule has 0 heteroatoms. The molecule has 0 N–H and O–H groups in total. The Morgan fingerprint density at radius 3 is 2.00 bits per heavy atom. The standard InChI is InChI=1S/C14H21.C7H14.C5H10/c1-4-8-14(12(3)5-2)11-13-9-6-7-10-13;1-4-6-7(3)5-2;1-4-5(2)3/h4,6-10,12,14H,5,11H2,1-3H3;4,7H,1,5-6H2,2-3H3;4H,1-3H3/b8-4-;;/t;7-;/m.0./s1. The van der Waals surface area contributed by atoms with Crippen LogP contribution in [-0.4, -0.2) is 0 Å². The van der Waals surface area contributed by atoms with Crippen LogP contribution in [0.1, 0.15) is 81.1 Å². The lowest BCUT2D eigenvalue weighted by molar-refractivity contribution is 0.414. The van der Waals surface area contributed by atoms with Gasteiger partial charge in [0.2, 0.25) is 0 Å². The molecule has 0 nitrogen and oxygen atoms in total. The van der Waals surface area contributed by atoms with E-state index >= 15 is 0 Å². The first kappa shape index (κ1) is 26.9. The van der Waals surface area contributed by atoms with Crippen LogP contribution in [0.5, 0.6) is 0 Å². The van der Waals surface area contributed by atoms with Crippen LogP contribution in [-0.2, 0) is 0 Å². The molecule has 1 aliphatic carbocycles. The third kappa shape index (κ3) is 16.2. The summed E-state index contributed by atoms with van der Waals surface area (Å²) in [6.07, 6.45) is 22.2. The van der Waals surface area contributed by atoms with Gasteiger partial charge in [0.25, 0.3) is 0 Å². The zero-order valence-corrected chi connectivity index (χ0v) is 18.9. The molecule has 2 unspecified atom stereocenters. The number of hydrogen-bond donors (Lipinski definition) is 0. The first-order chi connectivity index (χ1) is 12.4. The number of hydrogen-bond acceptors (Lipinski definition) is 0. The highest BCUT2D eigenvalue weighted by Crippen LogP contribution is 2.27. The second-order valence-corrected chi connectivity index (χ2v) is 7.48. The average molecular weight is 358 g/mol. The largest absolute Gasteiger partial charge is 0.103 e. The normalized spacial score (nSPS) is 15.8. The molecule has 0 spiro atoms. The quantitative estimate of drug-likeness (QED) is 0.380. The van der Waals surface area contributed by atoms with Gasteiger partial charge >= 0.3 is 0 Å². The second kappa shape index (κ2) is 18.5. The molecule has 0 fully saturated rings. The summed E-state index contributed by atoms with van der Waals surface area (Å²) < 4.78 is 0. The molecule has 0 aromatic rings. The van der Waals surface area contributed by atoms with Crippen molar-refractivity contribution in [3.05, 3.63) is 66.7 Å². The monoisotopic (exact) mass is 357 g/mol. The lowest BCUT2D eigenvalue weighted by atomic mass is 9.85. The van der Waals surface area contributed by atoms with Crippen LogP contribution >= 0.6 is 0 Å². The molecule has 0 saturated heterocycles. The minimum atomic E-state index is 0.701. The topological polar surface area (TPSA) is 0 Å². The molecular weight excluding hydrogens is 312 g/mol. The van der Waals surface area contributed by atoms with E-state index in [2.05, 4.69) is 97.9 Å². The highest BCUT2D eigenvalue weighted by atomic mass is 14.2. The summed E-state index contributed by atoms with van der Waals surface area (Å²) in [5, 5.41) is 0. The predicted octanol–water partition coefficient (Wildman–Crippen LogP) is 8.90. The summed E-state index contributed by atoms with van der Waals surface area (Å²) >= 11 is 0. The number of rotatable bonds is 8. The molecule has 0 bridgehead atoms. The molecule has 1 aliphatic rings. The van der Waals surface area contributed by atoms with Gasteiger partial charge in [-0.2, -0.15) is 0 Å². The van der Waals surface area contributed by atoms with Crippen molar-refractivity contribution < 1.29 is 0 Å². The summed E-state index contributed by atoms with van der Waals surface area (Å²) in [7, 11) is 0. The molecule has 0 heterocycles. The summed E-state index contributed by atoms with van der Waals surface area (Å²) in [4.78, 5) is 0. The molecule has 3 atom stereocenters. The zero-order valence-electron chi connectivity index (χ0n) is 18.9. The van der Waals surface area contributed by atoms with Crippen molar-refractivity contribution in [2.24, 2.45) is 17.8 Å². The van der Waals surface area contributed by atoms with E-state index in [4.69, 9.17) is 0 Å². The van der Waals surface area contributed by atoms with Crippen molar-refractivity contribution in [3.63, 3.8) is 0 Å². The summed E-state index contributed by atoms with van der Waals surface area (Å²) in [6.45, 7) is 21.0. The van der Waals surface area contributed by atoms with Gasteiger partial charge in [-0.25, -0.2) is 0 Å². The Hall–Kier alpha value is -1.30. The van der Waals surface area contributed by atoms with Crippen molar-refractivity contribution in [2.75, 3.05) is 0 Å². The van der Waals surface area contributed by atoms with Crippen LogP contribution in [0, 0.1) is 24.2 Å². The van der Waals surface area contributed by atoms with E-state index in [1.807, 2.05) is 13.0 Å². The van der Waals surface area contributed by atoms with Crippen LogP contribution in [0.3, 0.4) is 0 Å². The van der Waals surface area contributed by atoms with Gasteiger partial charge < -0.3 is 0 Å². The fourth-order valence-corrected chi connectivity index (χ4v) is 2.28. The second-order valence-electron chi connectivity index (χ2n) is 7.48. The van der Waals surface area contributed by atoms with Gasteiger partial charge in [0, 0.05) is 6.42 Å². The van der Waals surface area contributed by atoms with Gasteiger partial charge in [-0.15, -0.1) is 6.58 Å². The van der Waals surface area contributed by atoms with Crippen molar-refractivity contribution >= 4 is 0 Å². The van der Waals surface area contributed by atoms with Crippen LogP contribution in [0.2, 0.25) is 0 Å². The number of allylic oxidation sites excluding steroid dienone is 9. The van der Waals surface area contributed by atoms with Gasteiger partial charge in [0.05, 0.1) is 0 Å². The Kier molecular flexibility index (Phi) is 19.1. The summed E-state index contributed by atoms with van der Waals surface area (Å²) in [5.41, 5.74) is 2.85. The molecule has 26 heavy (non-hydrogen) atoms. The van der Waals surface area contributed by atoms with Gasteiger partial charge in [-0.3, -0.25) is 0 Å². The Balaban J connectivity index is 0. The fraction of sp³-hybridized carbons (Fsp3) is 0.577. The molecule has 0 aromatic heterocycles. The SMILES string of the molecule is C/C=C\C(CC1=CC=C[CH]1)C(C)CC.C=CC[C@@H](C)CC.CC=C(C)C. The third-order valence-corrected chi connectivity index (χ3v) is 4.86. The lowest BCUT2D eigenvalue weighted by Crippen LogP contribution is -2.09. The average Bonchev–Trinajstić information content (AvgIpc) is 3.15. The van der Waals surface area contributed by atoms with Crippen molar-refractivity contribution in [1.29, 1.82) is 0 Å². The highest BCUT2D eigenvalue weighted by molar-refractivity contribution is 5.34. The summed E-state index contributed by atoms with van der Waals surface area (Å²) in [5.74, 6) is 2.31. The van der Waals surface area contributed by atoms with E-state index < -0.39 is 0 Å². The van der Waals surface area contributed by atoms with Gasteiger partial charge in [-0.1, -0.05) is 94.2 Å². The van der Waals surface area contributed by atoms with Crippen LogP contribution in [0.25, 0.3) is 0 Å². The van der Waals surface area contributed by atoms with Gasteiger partial charge in [0.1, 0.15) is 0 Å². The van der Waals surface area contributed by atoms with Crippen molar-refractivity contribution in [3.8, 4) is 0 Å². The Labute approximate surface area is 165 Å². The minimum absolute atomic E-state index is 0.701. The maximum absolute atomic E-state index is 3.65. The predicted molar refractivity (Wildman–Crippen MR) is 123 cm³/mol. The highest BCUT2D eigenvalue weighted by Gasteiger charge is 2.14. The van der Waals surface area contributed by atoms with Crippen molar-refractivity contribution in [1.82, 2.24) is 0 Å². The molecular formula is C26H45. The maximum atomic E-state index is 3.65. The van der Waals surface area contributed by atoms with E-state index in [0.717, 1.165) is 18.3 Å². The van der Waals surface area contributed by atoms with Gasteiger partial charge in [0.15, 0.2) is 0 Å². The molecule has 0 aromatic carbocycles. The smallest absolute Gasteiger partial charge is 0.00837 e. The van der Waals surface area contributed by atoms with E-state index in [1.165, 1.54) is 30.4 Å². The molecule has 1 rings (SSSR count). The lowest BCUT2D eigenvalue weighted by Gasteiger charge is -2.20. The zero-order chi connectivity index (χ0) is 20.4. The third-order valence-electron chi connectivity index (χ3n) is 4.86. The Bertz CT molecular complexity index is 441. The maximum Gasteiger partial charge on any atom is 0.00837 e. The van der Waals surface area contributed by atoms with E-state index in [9.17, 15) is 0 Å². The Morgan fingerprint density at radius 2 is 1.69 bits per heavy atom. The first-order valence-electron chi connectivity index (χ1n) is 10.4. The van der Waals surface area contributed by atoms with Crippen LogP contribution in [0.15, 0.2) is 60.3 Å². The first-order valence-corrected chi connectivity index (χ1v) is 10.4. The van der Waals surface area contributed by atoms with Crippen molar-refractivity contribution in [2.45, 2.75) is 81.1 Å². The summed E-state index contributed by atoms with van der Waals surface area (Å²) in [6, 6.07) is 0. The molecule has 0 aliphatic heterocycles. The van der Waals surface area contributed by atoms with Crippen LogP contribution in [0.4, 0.5) is 0 Å². The minimum Gasteiger partial charge on any atom is -0.103 e. The van der Waals surface area contributed by atoms with Gasteiger partial charge in [-0.05, 0) is 58.3 Å². The molecule has 1 radical (unpaired) electrons.